The predicted octanol–water partition coefficient (Wildman–Crippen LogP) is 3.05. The second-order valence-electron chi connectivity index (χ2n) is 8.33. The second kappa shape index (κ2) is 10.0. The first kappa shape index (κ1) is 23.4. The van der Waals surface area contributed by atoms with E-state index in [0.29, 0.717) is 26.3 Å². The van der Waals surface area contributed by atoms with Gasteiger partial charge in [0.05, 0.1) is 36.7 Å². The van der Waals surface area contributed by atoms with E-state index in [-0.39, 0.29) is 40.7 Å². The lowest BCUT2D eigenvalue weighted by atomic mass is 10.0. The minimum absolute atomic E-state index is 0.0279. The van der Waals surface area contributed by atoms with Gasteiger partial charge in [0.2, 0.25) is 0 Å². The van der Waals surface area contributed by atoms with Gasteiger partial charge in [0.15, 0.2) is 29.1 Å². The van der Waals surface area contributed by atoms with Gasteiger partial charge in [-0.05, 0) is 31.7 Å². The number of carboxylic acid groups (broad SMARTS) is 1. The quantitative estimate of drug-likeness (QED) is 0.456. The number of aromatic nitrogens is 2. The predicted molar refractivity (Wildman–Crippen MR) is 120 cm³/mol. The Labute approximate surface area is 194 Å². The number of carbonyl (C=O) groups is 1. The molecule has 10 nitrogen and oxygen atoms in total. The molecule has 1 saturated heterocycles. The number of ether oxygens (including phenoxy) is 1. The average Bonchev–Trinajstić information content (AvgIpc) is 3.64. The molecule has 2 aliphatic rings. The molecule has 34 heavy (non-hydrogen) atoms. The number of hydrogen-bond donors (Lipinski definition) is 4. The van der Waals surface area contributed by atoms with Gasteiger partial charge in [0.1, 0.15) is 6.07 Å². The van der Waals surface area contributed by atoms with Crippen molar-refractivity contribution in [3.63, 3.8) is 0 Å². The molecule has 1 amide bonds. The number of rotatable bonds is 8. The van der Waals surface area contributed by atoms with Gasteiger partial charge >= 0.3 is 6.09 Å². The smallest absolute Gasteiger partial charge is 0.404 e. The van der Waals surface area contributed by atoms with Crippen molar-refractivity contribution in [1.82, 2.24) is 15.3 Å². The van der Waals surface area contributed by atoms with Crippen LogP contribution in [0.3, 0.4) is 0 Å². The Morgan fingerprint density at radius 2 is 2.00 bits per heavy atom. The average molecular weight is 473 g/mol. The van der Waals surface area contributed by atoms with Crippen LogP contribution in [0.5, 0.6) is 0 Å². The third-order valence-corrected chi connectivity index (χ3v) is 5.81. The van der Waals surface area contributed by atoms with E-state index in [1.54, 1.807) is 11.8 Å². The number of nitrogens with one attached hydrogen (secondary N) is 3. The van der Waals surface area contributed by atoms with Crippen molar-refractivity contribution in [2.45, 2.75) is 31.8 Å². The van der Waals surface area contributed by atoms with Crippen LogP contribution in [0.1, 0.15) is 25.3 Å². The third-order valence-electron chi connectivity index (χ3n) is 5.81. The van der Waals surface area contributed by atoms with E-state index in [2.05, 4.69) is 25.9 Å². The standard InChI is InChI=1S/C22H25F2N7O3/c1-12(27-22(32)33)18(13-2-3-13)29-20-16(23)8-14(10-25)19(30-20)28-15-9-17(24)21(26-11-15)31-4-6-34-7-5-31/h8-9,11-13,18,27H,2-7H2,1H3,(H,32,33)(H2,28,29,30)/t12-,18+/m0/s1. The zero-order valence-corrected chi connectivity index (χ0v) is 18.5. The van der Waals surface area contributed by atoms with Gasteiger partial charge < -0.3 is 30.7 Å². The van der Waals surface area contributed by atoms with E-state index < -0.39 is 23.8 Å². The molecule has 2 fully saturated rings. The van der Waals surface area contributed by atoms with Crippen molar-refractivity contribution in [2.75, 3.05) is 41.8 Å². The second-order valence-corrected chi connectivity index (χ2v) is 8.33. The number of amides is 1. The molecular formula is C22H25F2N7O3. The maximum Gasteiger partial charge on any atom is 0.404 e. The topological polar surface area (TPSA) is 135 Å². The first-order valence-electron chi connectivity index (χ1n) is 11.0. The number of morpholine rings is 1. The van der Waals surface area contributed by atoms with Crippen LogP contribution in [0.25, 0.3) is 0 Å². The molecule has 1 aliphatic carbocycles. The summed E-state index contributed by atoms with van der Waals surface area (Å²) in [6, 6.07) is 3.27. The third kappa shape index (κ3) is 5.43. The lowest BCUT2D eigenvalue weighted by Crippen LogP contribution is -2.45. The van der Waals surface area contributed by atoms with Crippen molar-refractivity contribution < 1.29 is 23.4 Å². The fourth-order valence-corrected chi connectivity index (χ4v) is 3.96. The highest BCUT2D eigenvalue weighted by molar-refractivity contribution is 5.67. The van der Waals surface area contributed by atoms with Gasteiger partial charge in [-0.25, -0.2) is 23.5 Å². The first-order chi connectivity index (χ1) is 16.4. The van der Waals surface area contributed by atoms with Gasteiger partial charge in [-0.3, -0.25) is 0 Å². The molecule has 0 unspecified atom stereocenters. The fraction of sp³-hybridized carbons (Fsp3) is 0.455. The Hall–Kier alpha value is -3.72. The molecule has 12 heteroatoms. The summed E-state index contributed by atoms with van der Waals surface area (Å²) in [5.74, 6) is -1.02. The van der Waals surface area contributed by atoms with Crippen LogP contribution >= 0.6 is 0 Å². The van der Waals surface area contributed by atoms with E-state index in [1.807, 2.05) is 6.07 Å². The molecule has 4 rings (SSSR count). The van der Waals surface area contributed by atoms with Gasteiger partial charge in [-0.15, -0.1) is 0 Å². The molecule has 0 radical (unpaired) electrons. The summed E-state index contributed by atoms with van der Waals surface area (Å²) in [4.78, 5) is 21.2. The van der Waals surface area contributed by atoms with E-state index in [4.69, 9.17) is 9.84 Å². The van der Waals surface area contributed by atoms with Crippen LogP contribution in [-0.2, 0) is 4.74 Å². The maximum absolute atomic E-state index is 14.7. The number of halogens is 2. The van der Waals surface area contributed by atoms with Crippen LogP contribution in [0, 0.1) is 28.9 Å². The van der Waals surface area contributed by atoms with Crippen molar-refractivity contribution in [3.05, 3.63) is 35.5 Å². The Kier molecular flexibility index (Phi) is 6.93. The SMILES string of the molecule is C[C@H](NC(=O)O)[C@@H](Nc1nc(Nc2cnc(N3CCOCC3)c(F)c2)c(C#N)cc1F)C1CC1. The highest BCUT2D eigenvalue weighted by atomic mass is 19.1. The zero-order chi connectivity index (χ0) is 24.2. The molecule has 2 aromatic rings. The van der Waals surface area contributed by atoms with Gasteiger partial charge in [-0.1, -0.05) is 0 Å². The number of anilines is 4. The van der Waals surface area contributed by atoms with Crippen LogP contribution in [-0.4, -0.2) is 59.6 Å². The minimum atomic E-state index is -1.18. The van der Waals surface area contributed by atoms with Crippen molar-refractivity contribution in [2.24, 2.45) is 5.92 Å². The highest BCUT2D eigenvalue weighted by Crippen LogP contribution is 2.36. The largest absolute Gasteiger partial charge is 0.465 e. The molecule has 1 saturated carbocycles. The van der Waals surface area contributed by atoms with Crippen LogP contribution < -0.4 is 20.9 Å². The van der Waals surface area contributed by atoms with Crippen molar-refractivity contribution >= 4 is 29.2 Å². The number of nitriles is 1. The Morgan fingerprint density at radius 3 is 2.62 bits per heavy atom. The molecule has 180 valence electrons. The minimum Gasteiger partial charge on any atom is -0.465 e. The van der Waals surface area contributed by atoms with Crippen molar-refractivity contribution in [3.8, 4) is 6.07 Å². The van der Waals surface area contributed by atoms with E-state index in [1.165, 1.54) is 12.3 Å². The summed E-state index contributed by atoms with van der Waals surface area (Å²) < 4.78 is 34.7. The van der Waals surface area contributed by atoms with E-state index >= 15 is 0 Å². The maximum atomic E-state index is 14.7. The summed E-state index contributed by atoms with van der Waals surface area (Å²) >= 11 is 0. The summed E-state index contributed by atoms with van der Waals surface area (Å²) in [7, 11) is 0. The Balaban J connectivity index is 1.56. The molecule has 4 N–H and O–H groups in total. The summed E-state index contributed by atoms with van der Waals surface area (Å²) in [5.41, 5.74) is 0.177. The Bertz CT molecular complexity index is 1100. The molecule has 3 heterocycles. The molecule has 0 aromatic carbocycles. The van der Waals surface area contributed by atoms with Gasteiger partial charge in [0.25, 0.3) is 0 Å². The normalized spacial score (nSPS) is 17.4. The number of pyridine rings is 2. The van der Waals surface area contributed by atoms with Crippen LogP contribution in [0.2, 0.25) is 0 Å². The van der Waals surface area contributed by atoms with E-state index in [0.717, 1.165) is 18.9 Å². The van der Waals surface area contributed by atoms with Gasteiger partial charge in [-0.2, -0.15) is 5.26 Å². The molecule has 1 aliphatic heterocycles. The highest BCUT2D eigenvalue weighted by Gasteiger charge is 2.36. The Morgan fingerprint density at radius 1 is 1.26 bits per heavy atom. The first-order valence-corrected chi connectivity index (χ1v) is 11.0. The molecule has 2 aromatic heterocycles. The molecule has 0 bridgehead atoms. The number of nitrogens with zero attached hydrogens (tertiary/aromatic N) is 4. The number of hydrogen-bond acceptors (Lipinski definition) is 8. The fourth-order valence-electron chi connectivity index (χ4n) is 3.96. The summed E-state index contributed by atoms with van der Waals surface area (Å²) in [5, 5.41) is 26.7. The zero-order valence-electron chi connectivity index (χ0n) is 18.5. The summed E-state index contributed by atoms with van der Waals surface area (Å²) in [6.07, 6.45) is 2.00. The van der Waals surface area contributed by atoms with Crippen LogP contribution in [0.15, 0.2) is 18.3 Å². The monoisotopic (exact) mass is 473 g/mol. The molecular weight excluding hydrogens is 448 g/mol. The van der Waals surface area contributed by atoms with Crippen molar-refractivity contribution in [1.29, 1.82) is 5.26 Å². The van der Waals surface area contributed by atoms with Gasteiger partial charge in [0, 0.05) is 25.2 Å². The summed E-state index contributed by atoms with van der Waals surface area (Å²) in [6.45, 7) is 3.73. The lowest BCUT2D eigenvalue weighted by molar-refractivity contribution is 0.122. The van der Waals surface area contributed by atoms with E-state index in [9.17, 15) is 18.8 Å². The molecule has 2 atom stereocenters. The lowest BCUT2D eigenvalue weighted by Gasteiger charge is -2.28. The van der Waals surface area contributed by atoms with Crippen LogP contribution in [0.4, 0.5) is 36.7 Å². The molecule has 0 spiro atoms.